The lowest BCUT2D eigenvalue weighted by Gasteiger charge is -2.32. The Labute approximate surface area is 142 Å². The number of rotatable bonds is 3. The monoisotopic (exact) mass is 348 g/mol. The molecule has 2 aliphatic rings. The van der Waals surface area contributed by atoms with Gasteiger partial charge in [-0.15, -0.1) is 10.2 Å². The van der Waals surface area contributed by atoms with Gasteiger partial charge in [0.05, 0.1) is 13.2 Å². The number of hydrogen-bond donors (Lipinski definition) is 1. The first kappa shape index (κ1) is 15.5. The van der Waals surface area contributed by atoms with Crippen molar-refractivity contribution in [1.82, 2.24) is 15.1 Å². The second-order valence-electron chi connectivity index (χ2n) is 6.01. The van der Waals surface area contributed by atoms with Crippen LogP contribution in [0.25, 0.3) is 0 Å². The zero-order valence-electron chi connectivity index (χ0n) is 12.9. The van der Waals surface area contributed by atoms with Crippen LogP contribution in [0.1, 0.15) is 35.4 Å². The van der Waals surface area contributed by atoms with E-state index >= 15 is 0 Å². The normalized spacial score (nSPS) is 20.9. The highest BCUT2D eigenvalue weighted by molar-refractivity contribution is 7.15. The topological polar surface area (TPSA) is 67.4 Å². The number of benzene rings is 1. The number of carbonyl (C=O) groups is 1. The first-order chi connectivity index (χ1) is 11.7. The van der Waals surface area contributed by atoms with Crippen LogP contribution in [0.4, 0.5) is 14.3 Å². The predicted molar refractivity (Wildman–Crippen MR) is 87.6 cm³/mol. The third-order valence-corrected chi connectivity index (χ3v) is 5.18. The van der Waals surface area contributed by atoms with E-state index in [0.29, 0.717) is 30.7 Å². The van der Waals surface area contributed by atoms with Crippen molar-refractivity contribution in [2.24, 2.45) is 0 Å². The Morgan fingerprint density at radius 1 is 1.29 bits per heavy atom. The first-order valence-electron chi connectivity index (χ1n) is 7.95. The Balaban J connectivity index is 1.39. The molecule has 1 aliphatic carbocycles. The quantitative estimate of drug-likeness (QED) is 0.925. The third kappa shape index (κ3) is 3.39. The van der Waals surface area contributed by atoms with Crippen LogP contribution in [0.2, 0.25) is 0 Å². The highest BCUT2D eigenvalue weighted by atomic mass is 32.1. The number of urea groups is 1. The second kappa shape index (κ2) is 6.45. The number of halogens is 1. The van der Waals surface area contributed by atoms with Gasteiger partial charge in [-0.1, -0.05) is 23.5 Å². The number of nitrogens with zero attached hydrogens (tertiary/aromatic N) is 3. The number of hydrogen-bond acceptors (Lipinski definition) is 5. The molecule has 2 heterocycles. The van der Waals surface area contributed by atoms with Crippen LogP contribution >= 0.6 is 11.3 Å². The van der Waals surface area contributed by atoms with Crippen LogP contribution in [0.3, 0.4) is 0 Å². The maximum Gasteiger partial charge on any atom is 0.323 e. The van der Waals surface area contributed by atoms with E-state index in [1.54, 1.807) is 17.0 Å². The molecule has 0 radical (unpaired) electrons. The van der Waals surface area contributed by atoms with E-state index in [-0.39, 0.29) is 18.0 Å². The van der Waals surface area contributed by atoms with Crippen molar-refractivity contribution in [3.63, 3.8) is 0 Å². The average molecular weight is 348 g/mol. The van der Waals surface area contributed by atoms with Gasteiger partial charge >= 0.3 is 6.03 Å². The van der Waals surface area contributed by atoms with E-state index in [2.05, 4.69) is 15.5 Å². The fourth-order valence-corrected chi connectivity index (χ4v) is 3.57. The molecule has 1 saturated heterocycles. The van der Waals surface area contributed by atoms with Crippen LogP contribution in [-0.4, -0.2) is 40.8 Å². The molecule has 1 aromatic heterocycles. The summed E-state index contributed by atoms with van der Waals surface area (Å²) in [5.74, 6) is 0.242. The molecule has 1 aliphatic heterocycles. The molecule has 126 valence electrons. The minimum atomic E-state index is -0.285. The van der Waals surface area contributed by atoms with Gasteiger partial charge < -0.3 is 9.64 Å². The molecule has 0 bridgehead atoms. The Hall–Kier alpha value is -2.06. The van der Waals surface area contributed by atoms with Gasteiger partial charge in [0.25, 0.3) is 0 Å². The molecule has 24 heavy (non-hydrogen) atoms. The smallest absolute Gasteiger partial charge is 0.323 e. The number of ether oxygens (including phenoxy) is 1. The Bertz CT molecular complexity index is 732. The highest BCUT2D eigenvalue weighted by Gasteiger charge is 2.29. The summed E-state index contributed by atoms with van der Waals surface area (Å²) in [6.07, 6.45) is 2.07. The number of carbonyl (C=O) groups excluding carboxylic acids is 1. The summed E-state index contributed by atoms with van der Waals surface area (Å²) in [4.78, 5) is 14.1. The van der Waals surface area contributed by atoms with Gasteiger partial charge in [-0.2, -0.15) is 0 Å². The lowest BCUT2D eigenvalue weighted by atomic mass is 10.1. The molecule has 1 saturated carbocycles. The van der Waals surface area contributed by atoms with E-state index in [1.165, 1.54) is 23.5 Å². The van der Waals surface area contributed by atoms with E-state index < -0.39 is 0 Å². The number of aromatic nitrogens is 2. The van der Waals surface area contributed by atoms with Crippen molar-refractivity contribution in [3.8, 4) is 0 Å². The molecular weight excluding hydrogens is 331 g/mol. The van der Waals surface area contributed by atoms with E-state index in [9.17, 15) is 9.18 Å². The Morgan fingerprint density at radius 2 is 2.08 bits per heavy atom. The average Bonchev–Trinajstić information content (AvgIpc) is 3.35. The van der Waals surface area contributed by atoms with Crippen molar-refractivity contribution < 1.29 is 13.9 Å². The maximum atomic E-state index is 13.0. The number of amides is 2. The summed E-state index contributed by atoms with van der Waals surface area (Å²) >= 11 is 1.44. The molecule has 2 amide bonds. The molecule has 2 fully saturated rings. The van der Waals surface area contributed by atoms with Gasteiger partial charge in [0.15, 0.2) is 0 Å². The molecule has 0 unspecified atom stereocenters. The van der Waals surface area contributed by atoms with Crippen LogP contribution < -0.4 is 5.32 Å². The molecular formula is C16H17FN4O2S. The number of anilines is 1. The third-order valence-electron chi connectivity index (χ3n) is 4.18. The van der Waals surface area contributed by atoms with Crippen molar-refractivity contribution in [2.45, 2.75) is 24.9 Å². The van der Waals surface area contributed by atoms with Gasteiger partial charge in [-0.05, 0) is 30.5 Å². The fourth-order valence-electron chi connectivity index (χ4n) is 2.66. The van der Waals surface area contributed by atoms with Gasteiger partial charge in [0.1, 0.15) is 16.9 Å². The predicted octanol–water partition coefficient (Wildman–Crippen LogP) is 3.16. The van der Waals surface area contributed by atoms with Crippen LogP contribution in [-0.2, 0) is 4.74 Å². The fraction of sp³-hybridized carbons (Fsp3) is 0.438. The van der Waals surface area contributed by atoms with Crippen LogP contribution in [0, 0.1) is 5.82 Å². The second-order valence-corrected chi connectivity index (χ2v) is 7.02. The summed E-state index contributed by atoms with van der Waals surface area (Å²) in [6, 6.07) is 5.97. The summed E-state index contributed by atoms with van der Waals surface area (Å²) in [7, 11) is 0. The largest absolute Gasteiger partial charge is 0.370 e. The molecule has 2 aromatic rings. The van der Waals surface area contributed by atoms with Crippen LogP contribution in [0.15, 0.2) is 24.3 Å². The summed E-state index contributed by atoms with van der Waals surface area (Å²) in [6.45, 7) is 1.38. The molecule has 1 N–H and O–H groups in total. The molecule has 8 heteroatoms. The van der Waals surface area contributed by atoms with Crippen molar-refractivity contribution >= 4 is 22.5 Å². The Morgan fingerprint density at radius 3 is 2.83 bits per heavy atom. The van der Waals surface area contributed by atoms with Crippen molar-refractivity contribution in [3.05, 3.63) is 40.7 Å². The van der Waals surface area contributed by atoms with Crippen molar-refractivity contribution in [2.75, 3.05) is 25.0 Å². The van der Waals surface area contributed by atoms with E-state index in [0.717, 1.165) is 23.4 Å². The molecule has 0 spiro atoms. The van der Waals surface area contributed by atoms with Gasteiger partial charge in [0.2, 0.25) is 5.13 Å². The zero-order chi connectivity index (χ0) is 16.5. The van der Waals surface area contributed by atoms with Crippen LogP contribution in [0.5, 0.6) is 0 Å². The van der Waals surface area contributed by atoms with Gasteiger partial charge in [0, 0.05) is 12.5 Å². The van der Waals surface area contributed by atoms with Gasteiger partial charge in [-0.25, -0.2) is 9.18 Å². The first-order valence-corrected chi connectivity index (χ1v) is 8.77. The lowest BCUT2D eigenvalue weighted by molar-refractivity contribution is -0.0135. The standard InChI is InChI=1S/C16H17FN4O2S/c17-12-5-3-10(4-6-12)13-9-21(7-8-23-13)16(22)18-15-20-19-14(24-15)11-1-2-11/h3-6,11,13H,1-2,7-9H2,(H,18,20,22)/t13-/m1/s1. The zero-order valence-corrected chi connectivity index (χ0v) is 13.8. The highest BCUT2D eigenvalue weighted by Crippen LogP contribution is 2.42. The molecule has 1 atom stereocenters. The summed E-state index contributed by atoms with van der Waals surface area (Å²) < 4.78 is 18.7. The minimum absolute atomic E-state index is 0.205. The summed E-state index contributed by atoms with van der Waals surface area (Å²) in [5, 5.41) is 12.5. The van der Waals surface area contributed by atoms with E-state index in [4.69, 9.17) is 4.74 Å². The molecule has 4 rings (SSSR count). The van der Waals surface area contributed by atoms with Gasteiger partial charge in [-0.3, -0.25) is 5.32 Å². The lowest BCUT2D eigenvalue weighted by Crippen LogP contribution is -2.44. The van der Waals surface area contributed by atoms with Crippen molar-refractivity contribution in [1.29, 1.82) is 0 Å². The SMILES string of the molecule is O=C(Nc1nnc(C2CC2)s1)N1CCO[C@@H](c2ccc(F)cc2)C1. The minimum Gasteiger partial charge on any atom is -0.370 e. The number of nitrogens with one attached hydrogen (secondary N) is 1. The molecule has 6 nitrogen and oxygen atoms in total. The Kier molecular flexibility index (Phi) is 4.15. The summed E-state index contributed by atoms with van der Waals surface area (Å²) in [5.41, 5.74) is 0.862. The maximum absolute atomic E-state index is 13.0. The van der Waals surface area contributed by atoms with E-state index in [1.807, 2.05) is 0 Å². The number of morpholine rings is 1. The molecule has 1 aromatic carbocycles.